The molecule has 0 spiro atoms. The minimum absolute atomic E-state index is 0.277. The zero-order valence-electron chi connectivity index (χ0n) is 14.6. The van der Waals surface area contributed by atoms with Crippen LogP contribution in [0.15, 0.2) is 67.3 Å². The zero-order chi connectivity index (χ0) is 18.8. The maximum atomic E-state index is 12.3. The van der Waals surface area contributed by atoms with E-state index in [0.717, 1.165) is 0 Å². The first-order valence-corrected chi connectivity index (χ1v) is 8.30. The van der Waals surface area contributed by atoms with Gasteiger partial charge in [0.1, 0.15) is 18.1 Å². The first-order valence-electron chi connectivity index (χ1n) is 8.30. The van der Waals surface area contributed by atoms with E-state index in [-0.39, 0.29) is 6.61 Å². The number of rotatable bonds is 8. The van der Waals surface area contributed by atoms with Gasteiger partial charge in [0, 0.05) is 0 Å². The number of carbonyl (C=O) groups excluding carboxylic acids is 2. The predicted molar refractivity (Wildman–Crippen MR) is 98.9 cm³/mol. The zero-order valence-corrected chi connectivity index (χ0v) is 14.6. The summed E-state index contributed by atoms with van der Waals surface area (Å²) in [6, 6.07) is 15.8. The van der Waals surface area contributed by atoms with Crippen molar-refractivity contribution in [2.45, 2.75) is 19.4 Å². The molecule has 0 saturated heterocycles. The molecular formula is C20H22N2O4. The van der Waals surface area contributed by atoms with Crippen LogP contribution in [0.25, 0.3) is 0 Å². The average Bonchev–Trinajstić information content (AvgIpc) is 2.69. The lowest BCUT2D eigenvalue weighted by Gasteiger charge is -2.18. The van der Waals surface area contributed by atoms with Crippen molar-refractivity contribution in [3.63, 3.8) is 0 Å². The molecule has 0 aromatic heterocycles. The van der Waals surface area contributed by atoms with Gasteiger partial charge in [-0.25, -0.2) is 0 Å². The number of hydrazine groups is 1. The van der Waals surface area contributed by atoms with Crippen molar-refractivity contribution < 1.29 is 19.1 Å². The second kappa shape index (κ2) is 9.88. The molecule has 2 amide bonds. The minimum atomic E-state index is -0.718. The molecule has 2 aromatic rings. The van der Waals surface area contributed by atoms with Crippen molar-refractivity contribution in [1.82, 2.24) is 10.9 Å². The Morgan fingerprint density at radius 3 is 2.46 bits per heavy atom. The van der Waals surface area contributed by atoms with Crippen molar-refractivity contribution >= 4 is 11.8 Å². The van der Waals surface area contributed by atoms with E-state index in [1.807, 2.05) is 25.1 Å². The van der Waals surface area contributed by atoms with Crippen LogP contribution in [0.4, 0.5) is 0 Å². The molecule has 2 rings (SSSR count). The number of amides is 2. The number of hydrogen-bond acceptors (Lipinski definition) is 4. The average molecular weight is 354 g/mol. The third-order valence-electron chi connectivity index (χ3n) is 3.47. The highest BCUT2D eigenvalue weighted by Crippen LogP contribution is 2.17. The normalized spacial score (nSPS) is 11.1. The maximum absolute atomic E-state index is 12.3. The number of para-hydroxylation sites is 2. The molecular weight excluding hydrogens is 332 g/mol. The van der Waals surface area contributed by atoms with Gasteiger partial charge in [0.2, 0.25) is 0 Å². The molecule has 0 aliphatic rings. The fourth-order valence-electron chi connectivity index (χ4n) is 2.18. The predicted octanol–water partition coefficient (Wildman–Crippen LogP) is 2.87. The molecule has 1 unspecified atom stereocenters. The smallest absolute Gasteiger partial charge is 0.279 e. The summed E-state index contributed by atoms with van der Waals surface area (Å²) < 4.78 is 11.1. The number of ether oxygens (including phenoxy) is 2. The summed E-state index contributed by atoms with van der Waals surface area (Å²) in [6.45, 7) is 5.68. The van der Waals surface area contributed by atoms with Gasteiger partial charge in [-0.1, -0.05) is 49.9 Å². The van der Waals surface area contributed by atoms with E-state index in [0.29, 0.717) is 23.5 Å². The van der Waals surface area contributed by atoms with Crippen LogP contribution in [0.1, 0.15) is 23.7 Å². The third kappa shape index (κ3) is 5.37. The molecule has 26 heavy (non-hydrogen) atoms. The molecule has 0 aliphatic heterocycles. The molecule has 0 saturated carbocycles. The van der Waals surface area contributed by atoms with Gasteiger partial charge in [0.15, 0.2) is 6.10 Å². The van der Waals surface area contributed by atoms with Crippen LogP contribution in [-0.4, -0.2) is 24.5 Å². The molecule has 2 aromatic carbocycles. The van der Waals surface area contributed by atoms with E-state index in [9.17, 15) is 9.59 Å². The number of hydrogen-bond donors (Lipinski definition) is 2. The Kier molecular flexibility index (Phi) is 7.24. The first kappa shape index (κ1) is 19.1. The number of carbonyl (C=O) groups is 2. The third-order valence-corrected chi connectivity index (χ3v) is 3.47. The fourth-order valence-corrected chi connectivity index (χ4v) is 2.18. The van der Waals surface area contributed by atoms with Crippen molar-refractivity contribution in [2.24, 2.45) is 0 Å². The van der Waals surface area contributed by atoms with Gasteiger partial charge in [-0.15, -0.1) is 0 Å². The largest absolute Gasteiger partial charge is 0.489 e. The standard InChI is InChI=1S/C20H22N2O4/c1-3-14-25-18-13-9-8-12-16(18)19(23)21-22-20(24)17(4-2)26-15-10-6-5-7-11-15/h3,5-13,17H,1,4,14H2,2H3,(H,21,23)(H,22,24). The second-order valence-corrected chi connectivity index (χ2v) is 5.37. The molecule has 0 fully saturated rings. The highest BCUT2D eigenvalue weighted by molar-refractivity contribution is 5.98. The summed E-state index contributed by atoms with van der Waals surface area (Å²) in [7, 11) is 0. The van der Waals surface area contributed by atoms with Crippen LogP contribution in [-0.2, 0) is 4.79 Å². The van der Waals surface area contributed by atoms with Gasteiger partial charge in [-0.2, -0.15) is 0 Å². The Morgan fingerprint density at radius 2 is 1.77 bits per heavy atom. The van der Waals surface area contributed by atoms with Crippen LogP contribution in [0, 0.1) is 0 Å². The summed E-state index contributed by atoms with van der Waals surface area (Å²) in [6.07, 6.45) is 1.32. The van der Waals surface area contributed by atoms with E-state index in [2.05, 4.69) is 17.4 Å². The highest BCUT2D eigenvalue weighted by Gasteiger charge is 2.20. The molecule has 0 aliphatic carbocycles. The van der Waals surface area contributed by atoms with Crippen LogP contribution in [0.3, 0.4) is 0 Å². The summed E-state index contributed by atoms with van der Waals surface area (Å²) in [5.74, 6) is 0.0810. The van der Waals surface area contributed by atoms with E-state index >= 15 is 0 Å². The highest BCUT2D eigenvalue weighted by atomic mass is 16.5. The molecule has 136 valence electrons. The van der Waals surface area contributed by atoms with Crippen molar-refractivity contribution in [1.29, 1.82) is 0 Å². The van der Waals surface area contributed by atoms with Crippen LogP contribution in [0.5, 0.6) is 11.5 Å². The monoisotopic (exact) mass is 354 g/mol. The molecule has 1 atom stereocenters. The summed E-state index contributed by atoms with van der Waals surface area (Å²) in [5.41, 5.74) is 5.10. The second-order valence-electron chi connectivity index (χ2n) is 5.37. The van der Waals surface area contributed by atoms with Crippen LogP contribution >= 0.6 is 0 Å². The number of benzene rings is 2. The van der Waals surface area contributed by atoms with Gasteiger partial charge in [-0.3, -0.25) is 20.4 Å². The fraction of sp³-hybridized carbons (Fsp3) is 0.200. The van der Waals surface area contributed by atoms with Crippen molar-refractivity contribution in [3.05, 3.63) is 72.8 Å². The Labute approximate surface area is 152 Å². The molecule has 0 heterocycles. The van der Waals surface area contributed by atoms with Gasteiger partial charge in [-0.05, 0) is 30.7 Å². The van der Waals surface area contributed by atoms with Crippen molar-refractivity contribution in [2.75, 3.05) is 6.61 Å². The maximum Gasteiger partial charge on any atom is 0.279 e. The lowest BCUT2D eigenvalue weighted by Crippen LogP contribution is -2.48. The topological polar surface area (TPSA) is 76.7 Å². The Morgan fingerprint density at radius 1 is 1.08 bits per heavy atom. The lowest BCUT2D eigenvalue weighted by atomic mass is 10.2. The van der Waals surface area contributed by atoms with Gasteiger partial charge in [0.25, 0.3) is 11.8 Å². The van der Waals surface area contributed by atoms with E-state index < -0.39 is 17.9 Å². The Bertz CT molecular complexity index is 746. The quantitative estimate of drug-likeness (QED) is 0.564. The molecule has 0 radical (unpaired) electrons. The Balaban J connectivity index is 1.95. The Hall–Kier alpha value is -3.28. The SMILES string of the molecule is C=CCOc1ccccc1C(=O)NNC(=O)C(CC)Oc1ccccc1. The van der Waals surface area contributed by atoms with Crippen LogP contribution in [0.2, 0.25) is 0 Å². The van der Waals surface area contributed by atoms with Crippen LogP contribution < -0.4 is 20.3 Å². The summed E-state index contributed by atoms with van der Waals surface area (Å²) in [5, 5.41) is 0. The van der Waals surface area contributed by atoms with E-state index in [1.165, 1.54) is 0 Å². The van der Waals surface area contributed by atoms with E-state index in [4.69, 9.17) is 9.47 Å². The van der Waals surface area contributed by atoms with Crippen molar-refractivity contribution in [3.8, 4) is 11.5 Å². The lowest BCUT2D eigenvalue weighted by molar-refractivity contribution is -0.128. The molecule has 0 bridgehead atoms. The first-order chi connectivity index (χ1) is 12.7. The molecule has 2 N–H and O–H groups in total. The van der Waals surface area contributed by atoms with Gasteiger partial charge in [0.05, 0.1) is 5.56 Å². The number of nitrogens with one attached hydrogen (secondary N) is 2. The van der Waals surface area contributed by atoms with Gasteiger partial charge >= 0.3 is 0 Å². The summed E-state index contributed by atoms with van der Waals surface area (Å²) >= 11 is 0. The molecule has 6 heteroatoms. The van der Waals surface area contributed by atoms with Gasteiger partial charge < -0.3 is 9.47 Å². The molecule has 6 nitrogen and oxygen atoms in total. The summed E-state index contributed by atoms with van der Waals surface area (Å²) in [4.78, 5) is 24.6. The van der Waals surface area contributed by atoms with E-state index in [1.54, 1.807) is 42.5 Å². The minimum Gasteiger partial charge on any atom is -0.489 e.